The van der Waals surface area contributed by atoms with Gasteiger partial charge in [0.25, 0.3) is 0 Å². The summed E-state index contributed by atoms with van der Waals surface area (Å²) in [6.07, 6.45) is 1.42. The molecule has 2 aliphatic heterocycles. The number of rotatable bonds is 4. The molecule has 0 spiro atoms. The van der Waals surface area contributed by atoms with Crippen LogP contribution < -0.4 is 5.01 Å². The number of imidazole rings is 1. The first kappa shape index (κ1) is 22.5. The molecular weight excluding hydrogens is 447 g/mol. The molecule has 1 amide bonds. The third-order valence-corrected chi connectivity index (χ3v) is 7.12. The number of aromatic amines is 1. The summed E-state index contributed by atoms with van der Waals surface area (Å²) >= 11 is 0. The van der Waals surface area contributed by atoms with Crippen molar-refractivity contribution in [2.45, 2.75) is 44.7 Å². The van der Waals surface area contributed by atoms with Gasteiger partial charge in [0.1, 0.15) is 22.5 Å². The van der Waals surface area contributed by atoms with Crippen LogP contribution in [0, 0.1) is 23.2 Å². The second-order valence-corrected chi connectivity index (χ2v) is 9.20. The van der Waals surface area contributed by atoms with Crippen molar-refractivity contribution in [1.82, 2.24) is 24.5 Å². The maximum Gasteiger partial charge on any atom is 0.391 e. The van der Waals surface area contributed by atoms with E-state index in [2.05, 4.69) is 21.0 Å². The Morgan fingerprint density at radius 3 is 2.59 bits per heavy atom. The van der Waals surface area contributed by atoms with E-state index in [0.717, 1.165) is 42.5 Å². The van der Waals surface area contributed by atoms with E-state index in [0.29, 0.717) is 23.7 Å². The smallest absolute Gasteiger partial charge is 0.346 e. The first-order valence-electron chi connectivity index (χ1n) is 11.6. The monoisotopic (exact) mass is 473 g/mol. The number of nitrogens with zero attached hydrogens (tertiary/aromatic N) is 6. The number of fused-ring (bicyclic) bond motifs is 3. The minimum atomic E-state index is -4.21. The Morgan fingerprint density at radius 2 is 1.91 bits per heavy atom. The molecule has 0 aliphatic carbocycles. The fourth-order valence-electron chi connectivity index (χ4n) is 5.18. The van der Waals surface area contributed by atoms with E-state index in [1.165, 1.54) is 4.90 Å². The third kappa shape index (κ3) is 4.17. The molecule has 5 rings (SSSR count). The van der Waals surface area contributed by atoms with Crippen molar-refractivity contribution in [1.29, 1.82) is 5.26 Å². The fraction of sp³-hybridized carbons (Fsp3) is 0.565. The molecule has 2 aliphatic rings. The number of aromatic nitrogens is 4. The minimum Gasteiger partial charge on any atom is -0.346 e. The minimum absolute atomic E-state index is 0.00933. The Morgan fingerprint density at radius 1 is 1.18 bits per heavy atom. The van der Waals surface area contributed by atoms with Gasteiger partial charge >= 0.3 is 6.18 Å². The number of amides is 1. The van der Waals surface area contributed by atoms with Crippen LogP contribution in [-0.2, 0) is 11.2 Å². The van der Waals surface area contributed by atoms with Crippen molar-refractivity contribution in [2.24, 2.45) is 11.8 Å². The van der Waals surface area contributed by atoms with E-state index >= 15 is 0 Å². The second-order valence-electron chi connectivity index (χ2n) is 9.20. The number of nitriles is 1. The Bertz CT molecular complexity index is 1230. The lowest BCUT2D eigenvalue weighted by molar-refractivity contribution is -0.186. The molecular formula is C23H26F3N7O. The molecule has 34 heavy (non-hydrogen) atoms. The van der Waals surface area contributed by atoms with Crippen LogP contribution in [0.4, 0.5) is 13.2 Å². The van der Waals surface area contributed by atoms with Gasteiger partial charge in [-0.1, -0.05) is 0 Å². The Balaban J connectivity index is 1.43. The van der Waals surface area contributed by atoms with Crippen LogP contribution in [0.15, 0.2) is 18.5 Å². The van der Waals surface area contributed by atoms with E-state index in [1.807, 2.05) is 16.9 Å². The predicted octanol–water partition coefficient (Wildman–Crippen LogP) is 3.52. The summed E-state index contributed by atoms with van der Waals surface area (Å²) < 4.78 is 41.1. The summed E-state index contributed by atoms with van der Waals surface area (Å²) in [6, 6.07) is 4.18. The average molecular weight is 474 g/mol. The molecule has 0 unspecified atom stereocenters. The number of likely N-dealkylation sites (tertiary alicyclic amines) is 1. The number of halogens is 3. The van der Waals surface area contributed by atoms with Crippen LogP contribution in [-0.4, -0.2) is 62.8 Å². The standard InChI is InChI=1S/C23H26F3N7O/c24-23(25,26)16-5-9-31(10-6-16)20(34)13-19-30-18-14-29-22-17(2-8-28-22)21(18)33(19)32-11-3-15(1-7-27)4-12-32/h2,8,14-16H,1,3-6,9-13H2,(H,28,29). The lowest BCUT2D eigenvalue weighted by atomic mass is 9.95. The van der Waals surface area contributed by atoms with Crippen molar-refractivity contribution >= 4 is 28.0 Å². The highest BCUT2D eigenvalue weighted by molar-refractivity contribution is 6.01. The normalized spacial score (nSPS) is 18.6. The van der Waals surface area contributed by atoms with Gasteiger partial charge < -0.3 is 14.9 Å². The Labute approximate surface area is 194 Å². The molecule has 8 nitrogen and oxygen atoms in total. The molecule has 0 bridgehead atoms. The van der Waals surface area contributed by atoms with E-state index in [9.17, 15) is 18.0 Å². The van der Waals surface area contributed by atoms with E-state index in [1.54, 1.807) is 6.20 Å². The molecule has 2 saturated heterocycles. The number of carbonyl (C=O) groups excluding carboxylic acids is 1. The first-order chi connectivity index (χ1) is 16.3. The van der Waals surface area contributed by atoms with E-state index in [4.69, 9.17) is 10.2 Å². The van der Waals surface area contributed by atoms with Gasteiger partial charge in [-0.2, -0.15) is 18.4 Å². The van der Waals surface area contributed by atoms with E-state index in [-0.39, 0.29) is 38.3 Å². The van der Waals surface area contributed by atoms with Crippen LogP contribution in [0.1, 0.15) is 37.9 Å². The number of carbonyl (C=O) groups is 1. The molecule has 180 valence electrons. The van der Waals surface area contributed by atoms with Crippen LogP contribution in [0.25, 0.3) is 22.1 Å². The Hall–Kier alpha value is -3.29. The van der Waals surface area contributed by atoms with Gasteiger partial charge in [-0.3, -0.25) is 4.79 Å². The van der Waals surface area contributed by atoms with Gasteiger partial charge in [-0.15, -0.1) is 0 Å². The average Bonchev–Trinajstić information content (AvgIpc) is 3.43. The molecule has 2 fully saturated rings. The van der Waals surface area contributed by atoms with Gasteiger partial charge in [0, 0.05) is 44.2 Å². The number of nitrogens with one attached hydrogen (secondary N) is 1. The zero-order chi connectivity index (χ0) is 23.9. The molecule has 0 atom stereocenters. The summed E-state index contributed by atoms with van der Waals surface area (Å²) in [5, 5.41) is 12.1. The maximum absolute atomic E-state index is 13.1. The molecule has 3 aromatic rings. The highest BCUT2D eigenvalue weighted by Crippen LogP contribution is 2.34. The van der Waals surface area contributed by atoms with Crippen molar-refractivity contribution in [3.8, 4) is 6.07 Å². The summed E-state index contributed by atoms with van der Waals surface area (Å²) in [5.74, 6) is -0.643. The number of hydrogen-bond acceptors (Lipinski definition) is 5. The zero-order valence-electron chi connectivity index (χ0n) is 18.7. The second kappa shape index (κ2) is 8.81. The maximum atomic E-state index is 13.1. The highest BCUT2D eigenvalue weighted by Gasteiger charge is 2.41. The predicted molar refractivity (Wildman–Crippen MR) is 119 cm³/mol. The van der Waals surface area contributed by atoms with Crippen LogP contribution in [0.5, 0.6) is 0 Å². The molecule has 5 heterocycles. The van der Waals surface area contributed by atoms with Crippen molar-refractivity contribution < 1.29 is 18.0 Å². The van der Waals surface area contributed by atoms with Crippen molar-refractivity contribution in [3.63, 3.8) is 0 Å². The number of pyridine rings is 1. The molecule has 0 radical (unpaired) electrons. The number of hydrogen-bond donors (Lipinski definition) is 1. The Kier molecular flexibility index (Phi) is 5.83. The number of alkyl halides is 3. The highest BCUT2D eigenvalue weighted by atomic mass is 19.4. The quantitative estimate of drug-likeness (QED) is 0.626. The molecule has 1 N–H and O–H groups in total. The SMILES string of the molecule is N#CCC1CCN(n2c(CC(=O)N3CCC(C(F)(F)F)CC3)nc3cnc4[nH]ccc4c32)CC1. The fourth-order valence-corrected chi connectivity index (χ4v) is 5.18. The molecule has 0 aromatic carbocycles. The van der Waals surface area contributed by atoms with Crippen LogP contribution in [0.3, 0.4) is 0 Å². The van der Waals surface area contributed by atoms with Crippen LogP contribution in [0.2, 0.25) is 0 Å². The summed E-state index contributed by atoms with van der Waals surface area (Å²) in [5.41, 5.74) is 2.26. The molecule has 0 saturated carbocycles. The van der Waals surface area contributed by atoms with Crippen molar-refractivity contribution in [2.75, 3.05) is 31.2 Å². The number of piperidine rings is 2. The number of H-pyrrole nitrogens is 1. The van der Waals surface area contributed by atoms with E-state index < -0.39 is 12.1 Å². The largest absolute Gasteiger partial charge is 0.391 e. The topological polar surface area (TPSA) is 93.8 Å². The lowest BCUT2D eigenvalue weighted by Crippen LogP contribution is -2.45. The van der Waals surface area contributed by atoms with Gasteiger partial charge in [-0.25, -0.2) is 14.6 Å². The summed E-state index contributed by atoms with van der Waals surface area (Å²) in [7, 11) is 0. The van der Waals surface area contributed by atoms with Gasteiger partial charge in [0.2, 0.25) is 5.91 Å². The lowest BCUT2D eigenvalue weighted by Gasteiger charge is -2.35. The summed E-state index contributed by atoms with van der Waals surface area (Å²) in [6.45, 7) is 1.66. The van der Waals surface area contributed by atoms with Crippen LogP contribution >= 0.6 is 0 Å². The third-order valence-electron chi connectivity index (χ3n) is 7.12. The first-order valence-corrected chi connectivity index (χ1v) is 11.6. The van der Waals surface area contributed by atoms with Gasteiger partial charge in [0.15, 0.2) is 0 Å². The van der Waals surface area contributed by atoms with Crippen molar-refractivity contribution in [3.05, 3.63) is 24.3 Å². The molecule has 3 aromatic heterocycles. The van der Waals surface area contributed by atoms with Gasteiger partial charge in [-0.05, 0) is 37.7 Å². The molecule has 11 heteroatoms. The van der Waals surface area contributed by atoms with Gasteiger partial charge in [0.05, 0.1) is 24.6 Å². The zero-order valence-corrected chi connectivity index (χ0v) is 18.7. The summed E-state index contributed by atoms with van der Waals surface area (Å²) in [4.78, 5) is 26.9.